The molecule has 3 heterocycles. The summed E-state index contributed by atoms with van der Waals surface area (Å²) in [5.41, 5.74) is 5.06. The number of hydrogen-bond acceptors (Lipinski definition) is 4. The van der Waals surface area contributed by atoms with Crippen LogP contribution in [0.15, 0.2) is 42.5 Å². The summed E-state index contributed by atoms with van der Waals surface area (Å²) in [5, 5.41) is 9.84. The molecule has 2 aromatic rings. The lowest BCUT2D eigenvalue weighted by Crippen LogP contribution is -2.44. The summed E-state index contributed by atoms with van der Waals surface area (Å²) in [7, 11) is 0. The van der Waals surface area contributed by atoms with Crippen molar-refractivity contribution in [2.24, 2.45) is 5.92 Å². The Morgan fingerprint density at radius 3 is 2.39 bits per heavy atom. The van der Waals surface area contributed by atoms with E-state index in [9.17, 15) is 9.90 Å². The summed E-state index contributed by atoms with van der Waals surface area (Å²) in [6, 6.07) is 13.8. The second-order valence-corrected chi connectivity index (χ2v) is 10.3. The van der Waals surface area contributed by atoms with Crippen molar-refractivity contribution in [1.82, 2.24) is 14.8 Å². The zero-order valence-corrected chi connectivity index (χ0v) is 19.7. The summed E-state index contributed by atoms with van der Waals surface area (Å²) < 4.78 is 0. The first-order valence-electron chi connectivity index (χ1n) is 12.9. The molecule has 2 fully saturated rings. The number of aromatic nitrogens is 1. The van der Waals surface area contributed by atoms with Gasteiger partial charge < -0.3 is 10.0 Å². The summed E-state index contributed by atoms with van der Waals surface area (Å²) >= 11 is 0. The molecular formula is C28H37N3O2. The zero-order valence-electron chi connectivity index (χ0n) is 19.7. The number of aryl methyl sites for hydroxylation is 2. The number of likely N-dealkylation sites (tertiary alicyclic amines) is 2. The van der Waals surface area contributed by atoms with Crippen LogP contribution >= 0.6 is 0 Å². The van der Waals surface area contributed by atoms with Gasteiger partial charge in [0.05, 0.1) is 0 Å². The number of piperidine rings is 2. The smallest absolute Gasteiger partial charge is 0.325 e. The molecule has 5 rings (SSSR count). The van der Waals surface area contributed by atoms with Gasteiger partial charge in [0.25, 0.3) is 0 Å². The SMILES string of the molecule is O=C(O)[C@@H](c1ccccc1)N1CCC(CN2CCC(c3ccc4c(n3)CCCC4)CC2)CC1. The quantitative estimate of drug-likeness (QED) is 0.697. The fourth-order valence-corrected chi connectivity index (χ4v) is 6.14. The molecule has 0 bridgehead atoms. The van der Waals surface area contributed by atoms with E-state index < -0.39 is 12.0 Å². The molecule has 1 aromatic heterocycles. The molecule has 1 aliphatic carbocycles. The number of rotatable bonds is 6. The van der Waals surface area contributed by atoms with Crippen LogP contribution in [0.1, 0.15) is 73.0 Å². The number of benzene rings is 1. The lowest BCUT2D eigenvalue weighted by molar-refractivity contribution is -0.144. The molecule has 1 N–H and O–H groups in total. The average Bonchev–Trinajstić information content (AvgIpc) is 2.86. The highest BCUT2D eigenvalue weighted by Crippen LogP contribution is 2.32. The Morgan fingerprint density at radius 2 is 1.67 bits per heavy atom. The maximum absolute atomic E-state index is 12.0. The lowest BCUT2D eigenvalue weighted by Gasteiger charge is -2.39. The first-order chi connectivity index (χ1) is 16.2. The molecule has 0 spiro atoms. The molecule has 2 saturated heterocycles. The second-order valence-electron chi connectivity index (χ2n) is 10.3. The normalized spacial score (nSPS) is 22.1. The third-order valence-electron chi connectivity index (χ3n) is 8.09. The molecule has 1 aromatic carbocycles. The molecule has 0 saturated carbocycles. The Labute approximate surface area is 197 Å². The third-order valence-corrected chi connectivity index (χ3v) is 8.09. The summed E-state index contributed by atoms with van der Waals surface area (Å²) in [6.07, 6.45) is 9.56. The number of pyridine rings is 1. The Bertz CT molecular complexity index is 931. The number of aliphatic carboxylic acids is 1. The predicted molar refractivity (Wildman–Crippen MR) is 130 cm³/mol. The van der Waals surface area contributed by atoms with Gasteiger partial charge in [-0.15, -0.1) is 0 Å². The van der Waals surface area contributed by atoms with Crippen LogP contribution in [0.2, 0.25) is 0 Å². The van der Waals surface area contributed by atoms with Gasteiger partial charge in [-0.25, -0.2) is 0 Å². The predicted octanol–water partition coefficient (Wildman–Crippen LogP) is 4.68. The largest absolute Gasteiger partial charge is 0.480 e. The third kappa shape index (κ3) is 5.30. The molecule has 3 aliphatic rings. The van der Waals surface area contributed by atoms with E-state index in [1.807, 2.05) is 30.3 Å². The number of fused-ring (bicyclic) bond motifs is 1. The van der Waals surface area contributed by atoms with Crippen molar-refractivity contribution in [3.05, 3.63) is 65.0 Å². The van der Waals surface area contributed by atoms with Crippen LogP contribution in [0.25, 0.3) is 0 Å². The van der Waals surface area contributed by atoms with E-state index in [0.717, 1.165) is 57.5 Å². The van der Waals surface area contributed by atoms with E-state index in [4.69, 9.17) is 4.98 Å². The van der Waals surface area contributed by atoms with Crippen molar-refractivity contribution < 1.29 is 9.90 Å². The molecule has 176 valence electrons. The first kappa shape index (κ1) is 22.5. The Balaban J connectivity index is 1.10. The number of carbonyl (C=O) groups is 1. The van der Waals surface area contributed by atoms with E-state index >= 15 is 0 Å². The number of carboxylic acid groups (broad SMARTS) is 1. The van der Waals surface area contributed by atoms with Crippen molar-refractivity contribution >= 4 is 5.97 Å². The topological polar surface area (TPSA) is 56.7 Å². The van der Waals surface area contributed by atoms with Gasteiger partial charge in [-0.2, -0.15) is 0 Å². The fourth-order valence-electron chi connectivity index (χ4n) is 6.14. The van der Waals surface area contributed by atoms with Gasteiger partial charge in [0.2, 0.25) is 0 Å². The highest BCUT2D eigenvalue weighted by molar-refractivity contribution is 5.75. The minimum atomic E-state index is -0.738. The number of carboxylic acids is 1. The first-order valence-corrected chi connectivity index (χ1v) is 12.9. The van der Waals surface area contributed by atoms with Crippen molar-refractivity contribution in [2.75, 3.05) is 32.7 Å². The maximum atomic E-state index is 12.0. The van der Waals surface area contributed by atoms with Crippen LogP contribution < -0.4 is 0 Å². The van der Waals surface area contributed by atoms with E-state index in [0.29, 0.717) is 11.8 Å². The Kier molecular flexibility index (Phi) is 7.07. The van der Waals surface area contributed by atoms with Gasteiger partial charge in [0, 0.05) is 23.9 Å². The summed E-state index contributed by atoms with van der Waals surface area (Å²) in [5.74, 6) is 0.542. The van der Waals surface area contributed by atoms with E-state index in [1.54, 1.807) is 0 Å². The van der Waals surface area contributed by atoms with Gasteiger partial charge in [-0.05, 0) is 101 Å². The van der Waals surface area contributed by atoms with Crippen LogP contribution in [0.4, 0.5) is 0 Å². The molecule has 0 unspecified atom stereocenters. The van der Waals surface area contributed by atoms with Crippen LogP contribution in [-0.2, 0) is 17.6 Å². The molecule has 0 amide bonds. The molecule has 2 aliphatic heterocycles. The minimum Gasteiger partial charge on any atom is -0.480 e. The van der Waals surface area contributed by atoms with Crippen LogP contribution in [0.5, 0.6) is 0 Å². The minimum absolute atomic E-state index is 0.521. The highest BCUT2D eigenvalue weighted by Gasteiger charge is 2.32. The van der Waals surface area contributed by atoms with Gasteiger partial charge >= 0.3 is 5.97 Å². The molecule has 1 atom stereocenters. The monoisotopic (exact) mass is 447 g/mol. The van der Waals surface area contributed by atoms with Gasteiger partial charge in [0.1, 0.15) is 6.04 Å². The van der Waals surface area contributed by atoms with Crippen molar-refractivity contribution in [1.29, 1.82) is 0 Å². The molecule has 5 nitrogen and oxygen atoms in total. The van der Waals surface area contributed by atoms with Crippen LogP contribution in [0.3, 0.4) is 0 Å². The molecular weight excluding hydrogens is 410 g/mol. The highest BCUT2D eigenvalue weighted by atomic mass is 16.4. The van der Waals surface area contributed by atoms with Gasteiger partial charge in [-0.3, -0.25) is 14.7 Å². The zero-order chi connectivity index (χ0) is 22.6. The Morgan fingerprint density at radius 1 is 0.939 bits per heavy atom. The second kappa shape index (κ2) is 10.4. The molecule has 33 heavy (non-hydrogen) atoms. The molecule has 0 radical (unpaired) electrons. The van der Waals surface area contributed by atoms with E-state index in [2.05, 4.69) is 21.9 Å². The Hall–Kier alpha value is -2.24. The lowest BCUT2D eigenvalue weighted by atomic mass is 9.89. The maximum Gasteiger partial charge on any atom is 0.325 e. The fraction of sp³-hybridized carbons (Fsp3) is 0.571. The van der Waals surface area contributed by atoms with Crippen molar-refractivity contribution in [3.63, 3.8) is 0 Å². The molecule has 5 heteroatoms. The average molecular weight is 448 g/mol. The van der Waals surface area contributed by atoms with Crippen LogP contribution in [-0.4, -0.2) is 58.6 Å². The van der Waals surface area contributed by atoms with E-state index in [-0.39, 0.29) is 0 Å². The summed E-state index contributed by atoms with van der Waals surface area (Å²) in [6.45, 7) is 5.20. The number of nitrogens with zero attached hydrogens (tertiary/aromatic N) is 3. The van der Waals surface area contributed by atoms with Crippen molar-refractivity contribution in [2.45, 2.75) is 63.3 Å². The van der Waals surface area contributed by atoms with Crippen molar-refractivity contribution in [3.8, 4) is 0 Å². The standard InChI is InChI=1S/C28H37N3O2/c32-28(33)27(24-7-2-1-3-8-24)31-18-12-21(13-19-31)20-30-16-14-23(15-17-30)26-11-10-22-6-4-5-9-25(22)29-26/h1-3,7-8,10-11,21,23,27H,4-6,9,12-20H2,(H,32,33)/t27-/m1/s1. The van der Waals surface area contributed by atoms with Gasteiger partial charge in [0.15, 0.2) is 0 Å². The van der Waals surface area contributed by atoms with E-state index in [1.165, 1.54) is 49.1 Å². The van der Waals surface area contributed by atoms with Crippen LogP contribution in [0, 0.1) is 5.92 Å². The number of hydrogen-bond donors (Lipinski definition) is 1. The summed E-state index contributed by atoms with van der Waals surface area (Å²) in [4.78, 5) is 21.8. The van der Waals surface area contributed by atoms with Gasteiger partial charge in [-0.1, -0.05) is 36.4 Å².